The topological polar surface area (TPSA) is 89.3 Å². The van der Waals surface area contributed by atoms with E-state index in [2.05, 4.69) is 0 Å². The SMILES string of the molecule is NCCCC[C@H](N)c1ccc(C(=O)O)cc1. The fourth-order valence-electron chi connectivity index (χ4n) is 1.55. The second-order valence-corrected chi connectivity index (χ2v) is 3.82. The molecule has 0 aromatic heterocycles. The molecule has 0 aliphatic carbocycles. The highest BCUT2D eigenvalue weighted by atomic mass is 16.4. The molecule has 1 aromatic rings. The predicted molar refractivity (Wildman–Crippen MR) is 63.2 cm³/mol. The Labute approximate surface area is 95.3 Å². The highest BCUT2D eigenvalue weighted by Crippen LogP contribution is 2.17. The number of hydrogen-bond acceptors (Lipinski definition) is 3. The Bertz CT molecular complexity index is 335. The lowest BCUT2D eigenvalue weighted by Crippen LogP contribution is -2.11. The summed E-state index contributed by atoms with van der Waals surface area (Å²) in [5, 5.41) is 8.74. The summed E-state index contributed by atoms with van der Waals surface area (Å²) in [6.45, 7) is 0.685. The van der Waals surface area contributed by atoms with Gasteiger partial charge in [0.1, 0.15) is 0 Å². The average molecular weight is 222 g/mol. The van der Waals surface area contributed by atoms with Gasteiger partial charge in [-0.3, -0.25) is 0 Å². The quantitative estimate of drug-likeness (QED) is 0.636. The van der Waals surface area contributed by atoms with Crippen molar-refractivity contribution in [2.24, 2.45) is 11.5 Å². The number of nitrogens with two attached hydrogens (primary N) is 2. The van der Waals surface area contributed by atoms with E-state index in [1.165, 1.54) is 0 Å². The first-order chi connectivity index (χ1) is 7.65. The number of unbranched alkanes of at least 4 members (excludes halogenated alkanes) is 1. The largest absolute Gasteiger partial charge is 0.478 e. The van der Waals surface area contributed by atoms with Crippen molar-refractivity contribution in [3.8, 4) is 0 Å². The molecule has 0 amide bonds. The van der Waals surface area contributed by atoms with Crippen LogP contribution in [-0.4, -0.2) is 17.6 Å². The number of benzene rings is 1. The van der Waals surface area contributed by atoms with Crippen LogP contribution in [-0.2, 0) is 0 Å². The van der Waals surface area contributed by atoms with Gasteiger partial charge in [-0.1, -0.05) is 18.6 Å². The molecule has 0 unspecified atom stereocenters. The van der Waals surface area contributed by atoms with Crippen LogP contribution in [0.1, 0.15) is 41.2 Å². The van der Waals surface area contributed by atoms with E-state index in [9.17, 15) is 4.79 Å². The van der Waals surface area contributed by atoms with Crippen molar-refractivity contribution in [2.45, 2.75) is 25.3 Å². The summed E-state index contributed by atoms with van der Waals surface area (Å²) in [5.41, 5.74) is 12.6. The van der Waals surface area contributed by atoms with Crippen molar-refractivity contribution >= 4 is 5.97 Å². The monoisotopic (exact) mass is 222 g/mol. The molecule has 0 saturated heterocycles. The van der Waals surface area contributed by atoms with Crippen molar-refractivity contribution in [3.63, 3.8) is 0 Å². The van der Waals surface area contributed by atoms with Crippen LogP contribution < -0.4 is 11.5 Å². The summed E-state index contributed by atoms with van der Waals surface area (Å²) < 4.78 is 0. The Kier molecular flexibility index (Phi) is 4.95. The zero-order chi connectivity index (χ0) is 12.0. The van der Waals surface area contributed by atoms with Crippen LogP contribution >= 0.6 is 0 Å². The third-order valence-corrected chi connectivity index (χ3v) is 2.56. The Morgan fingerprint density at radius 1 is 1.25 bits per heavy atom. The van der Waals surface area contributed by atoms with Crippen molar-refractivity contribution in [2.75, 3.05) is 6.54 Å². The zero-order valence-electron chi connectivity index (χ0n) is 9.23. The first-order valence-electron chi connectivity index (χ1n) is 5.44. The molecule has 0 radical (unpaired) electrons. The van der Waals surface area contributed by atoms with Crippen molar-refractivity contribution in [1.82, 2.24) is 0 Å². The number of carboxylic acid groups (broad SMARTS) is 1. The van der Waals surface area contributed by atoms with E-state index >= 15 is 0 Å². The second-order valence-electron chi connectivity index (χ2n) is 3.82. The Hall–Kier alpha value is -1.39. The lowest BCUT2D eigenvalue weighted by Gasteiger charge is -2.11. The molecule has 0 bridgehead atoms. The van der Waals surface area contributed by atoms with Gasteiger partial charge in [-0.05, 0) is 37.1 Å². The molecular formula is C12H18N2O2. The number of rotatable bonds is 6. The van der Waals surface area contributed by atoms with Gasteiger partial charge < -0.3 is 16.6 Å². The molecular weight excluding hydrogens is 204 g/mol. The van der Waals surface area contributed by atoms with Gasteiger partial charge in [-0.25, -0.2) is 4.79 Å². The predicted octanol–water partition coefficient (Wildman–Crippen LogP) is 1.51. The van der Waals surface area contributed by atoms with Gasteiger partial charge >= 0.3 is 5.97 Å². The molecule has 0 aliphatic rings. The lowest BCUT2D eigenvalue weighted by atomic mass is 10.0. The van der Waals surface area contributed by atoms with Gasteiger partial charge in [0.2, 0.25) is 0 Å². The third-order valence-electron chi connectivity index (χ3n) is 2.56. The average Bonchev–Trinajstić information content (AvgIpc) is 2.29. The van der Waals surface area contributed by atoms with E-state index < -0.39 is 5.97 Å². The van der Waals surface area contributed by atoms with Gasteiger partial charge in [0.25, 0.3) is 0 Å². The molecule has 1 aromatic carbocycles. The van der Waals surface area contributed by atoms with Crippen LogP contribution in [0, 0.1) is 0 Å². The maximum absolute atomic E-state index is 10.6. The fourth-order valence-corrected chi connectivity index (χ4v) is 1.55. The van der Waals surface area contributed by atoms with Gasteiger partial charge in [0.15, 0.2) is 0 Å². The summed E-state index contributed by atoms with van der Waals surface area (Å²) in [6.07, 6.45) is 2.85. The smallest absolute Gasteiger partial charge is 0.335 e. The maximum Gasteiger partial charge on any atom is 0.335 e. The van der Waals surface area contributed by atoms with Crippen LogP contribution in [0.3, 0.4) is 0 Å². The second kappa shape index (κ2) is 6.25. The standard InChI is InChI=1S/C12H18N2O2/c13-8-2-1-3-11(14)9-4-6-10(7-5-9)12(15)16/h4-7,11H,1-3,8,13-14H2,(H,15,16)/t11-/m0/s1. The van der Waals surface area contributed by atoms with Crippen LogP contribution in [0.25, 0.3) is 0 Å². The van der Waals surface area contributed by atoms with E-state index in [1.807, 2.05) is 0 Å². The molecule has 0 spiro atoms. The van der Waals surface area contributed by atoms with E-state index in [-0.39, 0.29) is 11.6 Å². The van der Waals surface area contributed by atoms with Gasteiger partial charge in [0.05, 0.1) is 5.56 Å². The molecule has 1 rings (SSSR count). The minimum atomic E-state index is -0.914. The minimum absolute atomic E-state index is 0.0330. The van der Waals surface area contributed by atoms with E-state index in [0.29, 0.717) is 6.54 Å². The normalized spacial score (nSPS) is 12.4. The highest BCUT2D eigenvalue weighted by Gasteiger charge is 2.07. The van der Waals surface area contributed by atoms with Crippen LogP contribution in [0.5, 0.6) is 0 Å². The van der Waals surface area contributed by atoms with Gasteiger partial charge in [-0.2, -0.15) is 0 Å². The Morgan fingerprint density at radius 2 is 1.88 bits per heavy atom. The summed E-state index contributed by atoms with van der Waals surface area (Å²) in [6, 6.07) is 6.68. The van der Waals surface area contributed by atoms with Gasteiger partial charge in [-0.15, -0.1) is 0 Å². The van der Waals surface area contributed by atoms with Crippen LogP contribution in [0.15, 0.2) is 24.3 Å². The molecule has 0 fully saturated rings. The molecule has 5 N–H and O–H groups in total. The lowest BCUT2D eigenvalue weighted by molar-refractivity contribution is 0.0697. The Morgan fingerprint density at radius 3 is 2.38 bits per heavy atom. The Balaban J connectivity index is 2.56. The molecule has 88 valence electrons. The van der Waals surface area contributed by atoms with Gasteiger partial charge in [0, 0.05) is 6.04 Å². The fraction of sp³-hybridized carbons (Fsp3) is 0.417. The number of hydrogen-bond donors (Lipinski definition) is 3. The summed E-state index contributed by atoms with van der Waals surface area (Å²) in [5.74, 6) is -0.914. The highest BCUT2D eigenvalue weighted by molar-refractivity contribution is 5.87. The summed E-state index contributed by atoms with van der Waals surface area (Å²) in [7, 11) is 0. The number of aromatic carboxylic acids is 1. The van der Waals surface area contributed by atoms with Crippen molar-refractivity contribution in [3.05, 3.63) is 35.4 Å². The minimum Gasteiger partial charge on any atom is -0.478 e. The van der Waals surface area contributed by atoms with Crippen LogP contribution in [0.4, 0.5) is 0 Å². The van der Waals surface area contributed by atoms with E-state index in [0.717, 1.165) is 24.8 Å². The molecule has 0 saturated carbocycles. The van der Waals surface area contributed by atoms with E-state index in [1.54, 1.807) is 24.3 Å². The number of carboxylic acids is 1. The first-order valence-corrected chi connectivity index (χ1v) is 5.44. The summed E-state index contributed by atoms with van der Waals surface area (Å²) >= 11 is 0. The molecule has 1 atom stereocenters. The van der Waals surface area contributed by atoms with E-state index in [4.69, 9.17) is 16.6 Å². The number of carbonyl (C=O) groups is 1. The molecule has 16 heavy (non-hydrogen) atoms. The zero-order valence-corrected chi connectivity index (χ0v) is 9.23. The molecule has 0 aliphatic heterocycles. The maximum atomic E-state index is 10.6. The van der Waals surface area contributed by atoms with Crippen molar-refractivity contribution < 1.29 is 9.90 Å². The van der Waals surface area contributed by atoms with Crippen molar-refractivity contribution in [1.29, 1.82) is 0 Å². The molecule has 4 heteroatoms. The summed E-state index contributed by atoms with van der Waals surface area (Å²) in [4.78, 5) is 10.6. The molecule has 4 nitrogen and oxygen atoms in total. The third kappa shape index (κ3) is 3.64. The van der Waals surface area contributed by atoms with Crippen LogP contribution in [0.2, 0.25) is 0 Å². The first kappa shape index (κ1) is 12.7. The molecule has 0 heterocycles.